The first-order chi connectivity index (χ1) is 11.5. The number of carbonyl (C=O) groups is 1. The number of halogens is 1. The molecule has 0 spiro atoms. The fraction of sp³-hybridized carbons (Fsp3) is 0.294. The molecule has 1 amide bonds. The fourth-order valence-corrected chi connectivity index (χ4v) is 2.86. The molecule has 7 heteroatoms. The van der Waals surface area contributed by atoms with Crippen LogP contribution in [0.5, 0.6) is 5.75 Å². The van der Waals surface area contributed by atoms with Gasteiger partial charge in [-0.05, 0) is 17.7 Å². The number of amides is 1. The van der Waals surface area contributed by atoms with Gasteiger partial charge in [-0.1, -0.05) is 12.1 Å². The summed E-state index contributed by atoms with van der Waals surface area (Å²) in [5, 5.41) is 10.1. The van der Waals surface area contributed by atoms with E-state index in [9.17, 15) is 19.1 Å². The molecule has 2 heterocycles. The Balaban J connectivity index is 1.95. The lowest BCUT2D eigenvalue weighted by Crippen LogP contribution is -2.42. The van der Waals surface area contributed by atoms with Crippen LogP contribution in [0.3, 0.4) is 0 Å². The summed E-state index contributed by atoms with van der Waals surface area (Å²) >= 11 is 0. The largest absolute Gasteiger partial charge is 0.503 e. The first-order valence-corrected chi connectivity index (χ1v) is 7.49. The van der Waals surface area contributed by atoms with Crippen LogP contribution in [0, 0.1) is 5.82 Å². The number of benzene rings is 1. The van der Waals surface area contributed by atoms with E-state index in [0.29, 0.717) is 18.8 Å². The highest BCUT2D eigenvalue weighted by molar-refractivity contribution is 5.95. The molecule has 1 aliphatic heterocycles. The van der Waals surface area contributed by atoms with Gasteiger partial charge < -0.3 is 19.3 Å². The summed E-state index contributed by atoms with van der Waals surface area (Å²) in [5.41, 5.74) is 0.686. The Labute approximate surface area is 137 Å². The van der Waals surface area contributed by atoms with Gasteiger partial charge in [-0.2, -0.15) is 0 Å². The maximum atomic E-state index is 13.0. The van der Waals surface area contributed by atoms with Crippen LogP contribution in [-0.2, 0) is 24.4 Å². The lowest BCUT2D eigenvalue weighted by Gasteiger charge is -2.31. The van der Waals surface area contributed by atoms with Crippen LogP contribution in [0.4, 0.5) is 4.39 Å². The molecule has 6 nitrogen and oxygen atoms in total. The summed E-state index contributed by atoms with van der Waals surface area (Å²) in [6.45, 7) is 1.31. The van der Waals surface area contributed by atoms with Crippen molar-refractivity contribution in [2.75, 3.05) is 13.7 Å². The number of hydrogen-bond acceptors (Lipinski definition) is 4. The molecule has 1 aromatic carbocycles. The number of carbonyl (C=O) groups excluding carboxylic acids is 1. The van der Waals surface area contributed by atoms with Crippen molar-refractivity contribution in [2.45, 2.75) is 19.7 Å². The molecule has 0 bridgehead atoms. The minimum atomic E-state index is -0.606. The molecule has 3 rings (SSSR count). The zero-order valence-corrected chi connectivity index (χ0v) is 13.2. The van der Waals surface area contributed by atoms with Crippen molar-refractivity contribution in [1.82, 2.24) is 9.47 Å². The van der Waals surface area contributed by atoms with Crippen molar-refractivity contribution in [3.05, 3.63) is 63.3 Å². The third kappa shape index (κ3) is 2.90. The van der Waals surface area contributed by atoms with E-state index in [4.69, 9.17) is 4.74 Å². The van der Waals surface area contributed by atoms with Crippen molar-refractivity contribution in [2.24, 2.45) is 0 Å². The van der Waals surface area contributed by atoms with Gasteiger partial charge in [0, 0.05) is 38.5 Å². The SMILES string of the molecule is COCc1cc(=O)c(O)c2n1CCN(Cc1ccc(F)cc1)C2=O. The Bertz CT molecular complexity index is 830. The second-order valence-corrected chi connectivity index (χ2v) is 5.63. The number of rotatable bonds is 4. The minimum absolute atomic E-state index is 0.0251. The molecule has 0 unspecified atom stereocenters. The standard InChI is InChI=1S/C17H17FN2O4/c1-24-10-13-8-14(21)16(22)15-17(23)19(6-7-20(13)15)9-11-2-4-12(18)5-3-11/h2-5,8,22H,6-7,9-10H2,1H3. The first-order valence-electron chi connectivity index (χ1n) is 7.49. The van der Waals surface area contributed by atoms with Gasteiger partial charge in [-0.3, -0.25) is 9.59 Å². The molecule has 0 aliphatic carbocycles. The van der Waals surface area contributed by atoms with E-state index in [1.807, 2.05) is 0 Å². The monoisotopic (exact) mass is 332 g/mol. The van der Waals surface area contributed by atoms with Gasteiger partial charge in [-0.15, -0.1) is 0 Å². The summed E-state index contributed by atoms with van der Waals surface area (Å²) in [5.74, 6) is -1.33. The van der Waals surface area contributed by atoms with Crippen LogP contribution in [0.25, 0.3) is 0 Å². The van der Waals surface area contributed by atoms with E-state index in [-0.39, 0.29) is 24.7 Å². The molecule has 0 radical (unpaired) electrons. The van der Waals surface area contributed by atoms with Crippen molar-refractivity contribution < 1.29 is 19.0 Å². The van der Waals surface area contributed by atoms with Gasteiger partial charge in [0.15, 0.2) is 11.4 Å². The van der Waals surface area contributed by atoms with Gasteiger partial charge in [0.25, 0.3) is 5.91 Å². The quantitative estimate of drug-likeness (QED) is 0.921. The number of nitrogens with zero attached hydrogens (tertiary/aromatic N) is 2. The average molecular weight is 332 g/mol. The topological polar surface area (TPSA) is 71.8 Å². The Hall–Kier alpha value is -2.67. The smallest absolute Gasteiger partial charge is 0.274 e. The van der Waals surface area contributed by atoms with Crippen molar-refractivity contribution in [1.29, 1.82) is 0 Å². The Morgan fingerprint density at radius 2 is 1.92 bits per heavy atom. The van der Waals surface area contributed by atoms with Gasteiger partial charge in [0.1, 0.15) is 5.82 Å². The highest BCUT2D eigenvalue weighted by atomic mass is 19.1. The van der Waals surface area contributed by atoms with Crippen LogP contribution in [0.2, 0.25) is 0 Å². The number of methoxy groups -OCH3 is 1. The second-order valence-electron chi connectivity index (χ2n) is 5.63. The van der Waals surface area contributed by atoms with E-state index in [0.717, 1.165) is 5.56 Å². The lowest BCUT2D eigenvalue weighted by molar-refractivity contribution is 0.0675. The van der Waals surface area contributed by atoms with Gasteiger partial charge >= 0.3 is 0 Å². The predicted molar refractivity (Wildman–Crippen MR) is 84.2 cm³/mol. The van der Waals surface area contributed by atoms with Crippen molar-refractivity contribution >= 4 is 5.91 Å². The summed E-state index contributed by atoms with van der Waals surface area (Å²) in [7, 11) is 1.50. The van der Waals surface area contributed by atoms with E-state index in [1.54, 1.807) is 16.7 Å². The molecule has 0 saturated heterocycles. The zero-order chi connectivity index (χ0) is 17.3. The third-order valence-corrected chi connectivity index (χ3v) is 4.03. The van der Waals surface area contributed by atoms with E-state index < -0.39 is 17.1 Å². The molecule has 0 saturated carbocycles. The Kier molecular flexibility index (Phi) is 4.35. The van der Waals surface area contributed by atoms with E-state index in [2.05, 4.69) is 0 Å². The van der Waals surface area contributed by atoms with Gasteiger partial charge in [0.2, 0.25) is 5.43 Å². The normalized spacial score (nSPS) is 13.9. The summed E-state index contributed by atoms with van der Waals surface area (Å²) < 4.78 is 19.7. The van der Waals surface area contributed by atoms with Crippen molar-refractivity contribution in [3.63, 3.8) is 0 Å². The number of pyridine rings is 1. The Morgan fingerprint density at radius 1 is 1.21 bits per heavy atom. The van der Waals surface area contributed by atoms with Crippen LogP contribution >= 0.6 is 0 Å². The minimum Gasteiger partial charge on any atom is -0.503 e. The molecular weight excluding hydrogens is 315 g/mol. The molecule has 1 aromatic heterocycles. The van der Waals surface area contributed by atoms with E-state index in [1.165, 1.54) is 30.2 Å². The van der Waals surface area contributed by atoms with E-state index >= 15 is 0 Å². The summed E-state index contributed by atoms with van der Waals surface area (Å²) in [6.07, 6.45) is 0. The Morgan fingerprint density at radius 3 is 2.58 bits per heavy atom. The summed E-state index contributed by atoms with van der Waals surface area (Å²) in [6, 6.07) is 7.15. The second kappa shape index (κ2) is 6.45. The van der Waals surface area contributed by atoms with Crippen LogP contribution < -0.4 is 5.43 Å². The lowest BCUT2D eigenvalue weighted by atomic mass is 10.1. The number of aromatic nitrogens is 1. The number of hydrogen-bond donors (Lipinski definition) is 1. The molecule has 1 N–H and O–H groups in total. The van der Waals surface area contributed by atoms with Crippen LogP contribution in [0.1, 0.15) is 21.7 Å². The fourth-order valence-electron chi connectivity index (χ4n) is 2.86. The highest BCUT2D eigenvalue weighted by Crippen LogP contribution is 2.23. The molecular formula is C17H17FN2O4. The number of fused-ring (bicyclic) bond motifs is 1. The molecule has 24 heavy (non-hydrogen) atoms. The molecule has 1 aliphatic rings. The van der Waals surface area contributed by atoms with Crippen LogP contribution in [-0.4, -0.2) is 34.1 Å². The molecule has 126 valence electrons. The maximum Gasteiger partial charge on any atom is 0.274 e. The average Bonchev–Trinajstić information content (AvgIpc) is 2.56. The highest BCUT2D eigenvalue weighted by Gasteiger charge is 2.30. The number of aromatic hydroxyl groups is 1. The molecule has 0 fully saturated rings. The van der Waals surface area contributed by atoms with Crippen LogP contribution in [0.15, 0.2) is 35.1 Å². The first kappa shape index (κ1) is 16.2. The zero-order valence-electron chi connectivity index (χ0n) is 13.2. The third-order valence-electron chi connectivity index (χ3n) is 4.03. The maximum absolute atomic E-state index is 13.0. The van der Waals surface area contributed by atoms with Crippen molar-refractivity contribution in [3.8, 4) is 5.75 Å². The summed E-state index contributed by atoms with van der Waals surface area (Å²) in [4.78, 5) is 26.1. The molecule has 2 aromatic rings. The number of ether oxygens (including phenoxy) is 1. The predicted octanol–water partition coefficient (Wildman–Crippen LogP) is 1.50. The van der Waals surface area contributed by atoms with Gasteiger partial charge in [0.05, 0.1) is 6.61 Å². The molecule has 0 atom stereocenters. The van der Waals surface area contributed by atoms with Gasteiger partial charge in [-0.25, -0.2) is 4.39 Å².